The van der Waals surface area contributed by atoms with E-state index in [0.29, 0.717) is 6.61 Å². The monoisotopic (exact) mass is 449 g/mol. The number of amides is 1. The van der Waals surface area contributed by atoms with E-state index in [4.69, 9.17) is 4.74 Å². The van der Waals surface area contributed by atoms with E-state index in [1.54, 1.807) is 0 Å². The van der Waals surface area contributed by atoms with E-state index in [2.05, 4.69) is 54.7 Å². The highest BCUT2D eigenvalue weighted by Crippen LogP contribution is 2.24. The first-order valence-corrected chi connectivity index (χ1v) is 11.8. The van der Waals surface area contributed by atoms with Gasteiger partial charge < -0.3 is 10.1 Å². The Hall–Kier alpha value is -3.85. The maximum atomic E-state index is 13.1. The smallest absolute Gasteiger partial charge is 0.231 e. The Bertz CT molecular complexity index is 1220. The van der Waals surface area contributed by atoms with Crippen molar-refractivity contribution in [2.45, 2.75) is 32.6 Å². The second-order valence-electron chi connectivity index (χ2n) is 8.62. The van der Waals surface area contributed by atoms with Gasteiger partial charge in [0.2, 0.25) is 5.91 Å². The van der Waals surface area contributed by atoms with E-state index in [-0.39, 0.29) is 11.8 Å². The predicted molar refractivity (Wildman–Crippen MR) is 140 cm³/mol. The summed E-state index contributed by atoms with van der Waals surface area (Å²) in [5.74, 6) is 0.630. The Kier molecular flexibility index (Phi) is 7.77. The average molecular weight is 450 g/mol. The van der Waals surface area contributed by atoms with Crippen molar-refractivity contribution in [3.63, 3.8) is 0 Å². The van der Waals surface area contributed by atoms with E-state index in [1.165, 1.54) is 16.7 Å². The minimum Gasteiger partial charge on any atom is -0.493 e. The molecule has 3 heteroatoms. The van der Waals surface area contributed by atoms with Crippen molar-refractivity contribution in [3.8, 4) is 5.75 Å². The zero-order chi connectivity index (χ0) is 23.8. The summed E-state index contributed by atoms with van der Waals surface area (Å²) < 4.78 is 5.79. The lowest BCUT2D eigenvalue weighted by Crippen LogP contribution is -2.19. The molecule has 1 unspecified atom stereocenters. The fraction of sp³-hybridized carbons (Fsp3) is 0.194. The molecule has 172 valence electrons. The Balaban J connectivity index is 1.36. The quantitative estimate of drug-likeness (QED) is 0.300. The average Bonchev–Trinajstić information content (AvgIpc) is 2.87. The molecule has 0 aromatic heterocycles. The van der Waals surface area contributed by atoms with Crippen LogP contribution in [-0.2, 0) is 17.6 Å². The van der Waals surface area contributed by atoms with Crippen molar-refractivity contribution < 1.29 is 9.53 Å². The molecule has 0 radical (unpaired) electrons. The van der Waals surface area contributed by atoms with Gasteiger partial charge in [0.1, 0.15) is 5.75 Å². The number of hydrogen-bond donors (Lipinski definition) is 1. The first kappa shape index (κ1) is 23.3. The van der Waals surface area contributed by atoms with Gasteiger partial charge in [0.05, 0.1) is 12.5 Å². The number of para-hydroxylation sites is 2. The summed E-state index contributed by atoms with van der Waals surface area (Å²) in [5.41, 5.74) is 6.70. The molecule has 0 fully saturated rings. The standard InChI is InChI=1S/C31H31NO2/c1-23-10-6-7-11-27(23)22-28-12-8-9-15-30(28)32-31(33)24(2)26-18-16-25(17-19-26)20-21-34-29-13-4-3-5-14-29/h3-19,24H,20-22H2,1-2H3,(H,32,33). The molecule has 1 N–H and O–H groups in total. The van der Waals surface area contributed by atoms with Crippen LogP contribution in [0.3, 0.4) is 0 Å². The zero-order valence-corrected chi connectivity index (χ0v) is 19.8. The molecule has 4 aromatic carbocycles. The lowest BCUT2D eigenvalue weighted by molar-refractivity contribution is -0.117. The van der Waals surface area contributed by atoms with E-state index in [9.17, 15) is 4.79 Å². The minimum absolute atomic E-state index is 0.00241. The van der Waals surface area contributed by atoms with Crippen LogP contribution in [0.1, 0.15) is 40.7 Å². The summed E-state index contributed by atoms with van der Waals surface area (Å²) in [4.78, 5) is 13.1. The Morgan fingerprint density at radius 3 is 2.18 bits per heavy atom. The van der Waals surface area contributed by atoms with Crippen LogP contribution in [0, 0.1) is 6.92 Å². The molecule has 0 heterocycles. The van der Waals surface area contributed by atoms with E-state index in [1.807, 2.05) is 67.6 Å². The van der Waals surface area contributed by atoms with Crippen LogP contribution in [0.2, 0.25) is 0 Å². The number of carbonyl (C=O) groups is 1. The van der Waals surface area contributed by atoms with Gasteiger partial charge in [-0.25, -0.2) is 0 Å². The van der Waals surface area contributed by atoms with Gasteiger partial charge in [0, 0.05) is 12.1 Å². The third-order valence-electron chi connectivity index (χ3n) is 6.19. The van der Waals surface area contributed by atoms with E-state index >= 15 is 0 Å². The predicted octanol–water partition coefficient (Wildman–Crippen LogP) is 6.95. The van der Waals surface area contributed by atoms with Gasteiger partial charge in [0.25, 0.3) is 0 Å². The van der Waals surface area contributed by atoms with Gasteiger partial charge in [-0.15, -0.1) is 0 Å². The second-order valence-corrected chi connectivity index (χ2v) is 8.62. The van der Waals surface area contributed by atoms with Crippen molar-refractivity contribution in [2.24, 2.45) is 0 Å². The van der Waals surface area contributed by atoms with Crippen LogP contribution in [0.25, 0.3) is 0 Å². The zero-order valence-electron chi connectivity index (χ0n) is 19.8. The lowest BCUT2D eigenvalue weighted by atomic mass is 9.97. The van der Waals surface area contributed by atoms with Crippen LogP contribution in [0.15, 0.2) is 103 Å². The first-order chi connectivity index (χ1) is 16.6. The molecule has 4 rings (SSSR count). The van der Waals surface area contributed by atoms with Gasteiger partial charge in [-0.2, -0.15) is 0 Å². The van der Waals surface area contributed by atoms with Crippen LogP contribution < -0.4 is 10.1 Å². The molecular weight excluding hydrogens is 418 g/mol. The molecule has 0 aliphatic heterocycles. The third-order valence-corrected chi connectivity index (χ3v) is 6.19. The Morgan fingerprint density at radius 2 is 1.44 bits per heavy atom. The van der Waals surface area contributed by atoms with Crippen molar-refractivity contribution in [1.29, 1.82) is 0 Å². The SMILES string of the molecule is Cc1ccccc1Cc1ccccc1NC(=O)C(C)c1ccc(CCOc2ccccc2)cc1. The molecule has 3 nitrogen and oxygen atoms in total. The molecule has 0 aliphatic rings. The molecule has 34 heavy (non-hydrogen) atoms. The summed E-state index contributed by atoms with van der Waals surface area (Å²) in [6.07, 6.45) is 1.61. The highest BCUT2D eigenvalue weighted by atomic mass is 16.5. The number of ether oxygens (including phenoxy) is 1. The highest BCUT2D eigenvalue weighted by molar-refractivity contribution is 5.96. The molecule has 1 amide bonds. The molecule has 0 bridgehead atoms. The number of benzene rings is 4. The van der Waals surface area contributed by atoms with Crippen LogP contribution in [0.4, 0.5) is 5.69 Å². The number of carbonyl (C=O) groups excluding carboxylic acids is 1. The first-order valence-electron chi connectivity index (χ1n) is 11.8. The van der Waals surface area contributed by atoms with Crippen molar-refractivity contribution in [3.05, 3.63) is 131 Å². The van der Waals surface area contributed by atoms with Crippen molar-refractivity contribution in [1.82, 2.24) is 0 Å². The molecule has 0 spiro atoms. The fourth-order valence-electron chi connectivity index (χ4n) is 3.98. The molecule has 4 aromatic rings. The van der Waals surface area contributed by atoms with Crippen molar-refractivity contribution >= 4 is 11.6 Å². The maximum Gasteiger partial charge on any atom is 0.231 e. The summed E-state index contributed by atoms with van der Waals surface area (Å²) in [6.45, 7) is 4.69. The summed E-state index contributed by atoms with van der Waals surface area (Å²) >= 11 is 0. The summed E-state index contributed by atoms with van der Waals surface area (Å²) in [7, 11) is 0. The van der Waals surface area contributed by atoms with E-state index in [0.717, 1.165) is 35.4 Å². The van der Waals surface area contributed by atoms with Crippen molar-refractivity contribution in [2.75, 3.05) is 11.9 Å². The second kappa shape index (κ2) is 11.3. The topological polar surface area (TPSA) is 38.3 Å². The number of rotatable bonds is 9. The Labute approximate surface area is 202 Å². The number of anilines is 1. The number of aryl methyl sites for hydroxylation is 1. The largest absolute Gasteiger partial charge is 0.493 e. The lowest BCUT2D eigenvalue weighted by Gasteiger charge is -2.16. The fourth-order valence-corrected chi connectivity index (χ4v) is 3.98. The number of hydrogen-bond acceptors (Lipinski definition) is 2. The van der Waals surface area contributed by atoms with Gasteiger partial charge >= 0.3 is 0 Å². The molecule has 0 saturated heterocycles. The van der Waals surface area contributed by atoms with Gasteiger partial charge in [-0.05, 0) is 66.3 Å². The summed E-state index contributed by atoms with van der Waals surface area (Å²) in [6, 6.07) is 34.5. The van der Waals surface area contributed by atoms with Crippen LogP contribution in [0.5, 0.6) is 5.75 Å². The van der Waals surface area contributed by atoms with E-state index < -0.39 is 0 Å². The molecule has 0 aliphatic carbocycles. The summed E-state index contributed by atoms with van der Waals surface area (Å²) in [5, 5.41) is 3.16. The van der Waals surface area contributed by atoms with Gasteiger partial charge in [-0.1, -0.05) is 84.9 Å². The molecule has 1 atom stereocenters. The van der Waals surface area contributed by atoms with Gasteiger partial charge in [-0.3, -0.25) is 4.79 Å². The third kappa shape index (κ3) is 6.14. The normalized spacial score (nSPS) is 11.6. The van der Waals surface area contributed by atoms with Crippen LogP contribution in [-0.4, -0.2) is 12.5 Å². The molecule has 0 saturated carbocycles. The Morgan fingerprint density at radius 1 is 0.794 bits per heavy atom. The minimum atomic E-state index is -0.249. The van der Waals surface area contributed by atoms with Crippen LogP contribution >= 0.6 is 0 Å². The highest BCUT2D eigenvalue weighted by Gasteiger charge is 2.17. The maximum absolute atomic E-state index is 13.1. The molecular formula is C31H31NO2. The van der Waals surface area contributed by atoms with Gasteiger partial charge in [0.15, 0.2) is 0 Å². The number of nitrogens with one attached hydrogen (secondary N) is 1.